The number of hydrogen-bond donors (Lipinski definition) is 1. The Hall–Kier alpha value is -1.71. The van der Waals surface area contributed by atoms with Crippen molar-refractivity contribution in [1.29, 1.82) is 5.26 Å². The molecule has 0 bridgehead atoms. The van der Waals surface area contributed by atoms with Crippen molar-refractivity contribution in [2.45, 2.75) is 19.3 Å². The van der Waals surface area contributed by atoms with Crippen LogP contribution in [0.15, 0.2) is 12.1 Å². The minimum Gasteiger partial charge on any atom is -0.321 e. The molecule has 1 N–H and O–H groups in total. The molecule has 0 radical (unpaired) electrons. The van der Waals surface area contributed by atoms with Crippen LogP contribution in [0.5, 0.6) is 0 Å². The molecule has 96 valence electrons. The molecule has 1 amide bonds. The van der Waals surface area contributed by atoms with E-state index in [1.54, 1.807) is 12.1 Å². The van der Waals surface area contributed by atoms with Crippen LogP contribution in [-0.2, 0) is 4.79 Å². The zero-order valence-corrected chi connectivity index (χ0v) is 11.4. The Balaban J connectivity index is 1.98. The first kappa shape index (κ1) is 12.3. The maximum Gasteiger partial charge on any atom is 0.244 e. The number of amides is 1. The van der Waals surface area contributed by atoms with E-state index in [0.717, 1.165) is 18.1 Å². The molecule has 1 saturated carbocycles. The highest BCUT2D eigenvalue weighted by Gasteiger charge is 2.45. The van der Waals surface area contributed by atoms with Gasteiger partial charge in [0.2, 0.25) is 5.91 Å². The maximum absolute atomic E-state index is 12.2. The van der Waals surface area contributed by atoms with Gasteiger partial charge < -0.3 is 5.32 Å². The van der Waals surface area contributed by atoms with Gasteiger partial charge in [-0.1, -0.05) is 11.6 Å². The first-order chi connectivity index (χ1) is 9.16. The van der Waals surface area contributed by atoms with Crippen molar-refractivity contribution >= 4 is 46.0 Å². The summed E-state index contributed by atoms with van der Waals surface area (Å²) in [5, 5.41) is 12.3. The highest BCUT2D eigenvalue weighted by Crippen LogP contribution is 2.42. The lowest BCUT2D eigenvalue weighted by Crippen LogP contribution is -2.40. The van der Waals surface area contributed by atoms with E-state index >= 15 is 0 Å². The number of halogens is 1. The Labute approximate surface area is 118 Å². The van der Waals surface area contributed by atoms with Gasteiger partial charge >= 0.3 is 0 Å². The standard InChI is InChI=1S/C12H9ClN4OS/c13-7-2-3-8-10(17-19-16-8)9(7)15-11(18)12(6-14)4-1-5-12/h2-3H,1,4-5H2,(H,15,18). The lowest BCUT2D eigenvalue weighted by atomic mass is 9.69. The van der Waals surface area contributed by atoms with Crippen molar-refractivity contribution in [1.82, 2.24) is 8.75 Å². The predicted octanol–water partition coefficient (Wildman–Crippen LogP) is 2.98. The molecule has 1 aliphatic carbocycles. The third kappa shape index (κ3) is 1.86. The first-order valence-corrected chi connectivity index (χ1v) is 6.91. The van der Waals surface area contributed by atoms with Gasteiger partial charge in [-0.25, -0.2) is 0 Å². The summed E-state index contributed by atoms with van der Waals surface area (Å²) in [6.07, 6.45) is 2.09. The number of aromatic nitrogens is 2. The lowest BCUT2D eigenvalue weighted by molar-refractivity contribution is -0.126. The number of nitriles is 1. The number of rotatable bonds is 2. The van der Waals surface area contributed by atoms with E-state index in [4.69, 9.17) is 16.9 Å². The van der Waals surface area contributed by atoms with Crippen molar-refractivity contribution in [3.05, 3.63) is 17.2 Å². The Morgan fingerprint density at radius 3 is 2.89 bits per heavy atom. The van der Waals surface area contributed by atoms with Crippen LogP contribution in [0.2, 0.25) is 5.02 Å². The Kier molecular flexibility index (Phi) is 2.88. The minimum absolute atomic E-state index is 0.302. The van der Waals surface area contributed by atoms with E-state index in [-0.39, 0.29) is 5.91 Å². The fourth-order valence-electron chi connectivity index (χ4n) is 2.10. The van der Waals surface area contributed by atoms with Gasteiger partial charge in [0.15, 0.2) is 0 Å². The summed E-state index contributed by atoms with van der Waals surface area (Å²) in [6, 6.07) is 5.53. The second-order valence-corrected chi connectivity index (χ2v) is 5.49. The van der Waals surface area contributed by atoms with Gasteiger partial charge in [-0.2, -0.15) is 14.0 Å². The normalized spacial score (nSPS) is 16.6. The molecule has 1 heterocycles. The largest absolute Gasteiger partial charge is 0.321 e. The number of fused-ring (bicyclic) bond motifs is 1. The van der Waals surface area contributed by atoms with Crippen LogP contribution in [0.25, 0.3) is 11.0 Å². The molecule has 7 heteroatoms. The van der Waals surface area contributed by atoms with Crippen LogP contribution in [0, 0.1) is 16.7 Å². The summed E-state index contributed by atoms with van der Waals surface area (Å²) in [5.41, 5.74) is 0.789. The summed E-state index contributed by atoms with van der Waals surface area (Å²) < 4.78 is 8.23. The average Bonchev–Trinajstić information content (AvgIpc) is 2.80. The lowest BCUT2D eigenvalue weighted by Gasteiger charge is -2.33. The number of nitrogens with zero attached hydrogens (tertiary/aromatic N) is 3. The zero-order chi connectivity index (χ0) is 13.5. The van der Waals surface area contributed by atoms with E-state index in [1.165, 1.54) is 0 Å². The molecule has 19 heavy (non-hydrogen) atoms. The number of hydrogen-bond acceptors (Lipinski definition) is 5. The highest BCUT2D eigenvalue weighted by molar-refractivity contribution is 7.00. The molecule has 0 unspecified atom stereocenters. The third-order valence-electron chi connectivity index (χ3n) is 3.47. The quantitative estimate of drug-likeness (QED) is 0.923. The summed E-state index contributed by atoms with van der Waals surface area (Å²) in [6.45, 7) is 0. The van der Waals surface area contributed by atoms with Gasteiger partial charge in [-0.15, -0.1) is 0 Å². The van der Waals surface area contributed by atoms with Gasteiger partial charge in [0.05, 0.1) is 28.5 Å². The van der Waals surface area contributed by atoms with Gasteiger partial charge in [0, 0.05) is 0 Å². The van der Waals surface area contributed by atoms with E-state index in [2.05, 4.69) is 20.1 Å². The van der Waals surface area contributed by atoms with Crippen molar-refractivity contribution < 1.29 is 4.79 Å². The van der Waals surface area contributed by atoms with Crippen LogP contribution < -0.4 is 5.32 Å². The smallest absolute Gasteiger partial charge is 0.244 e. The molecule has 1 aliphatic rings. The van der Waals surface area contributed by atoms with Crippen LogP contribution >= 0.6 is 23.3 Å². The second-order valence-electron chi connectivity index (χ2n) is 4.56. The predicted molar refractivity (Wildman–Crippen MR) is 73.0 cm³/mol. The van der Waals surface area contributed by atoms with Crippen LogP contribution in [0.4, 0.5) is 5.69 Å². The van der Waals surface area contributed by atoms with Gasteiger partial charge in [0.25, 0.3) is 0 Å². The van der Waals surface area contributed by atoms with E-state index in [0.29, 0.717) is 34.6 Å². The summed E-state index contributed by atoms with van der Waals surface area (Å²) in [5.74, 6) is -0.302. The maximum atomic E-state index is 12.2. The van der Waals surface area contributed by atoms with Gasteiger partial charge in [-0.3, -0.25) is 4.79 Å². The van der Waals surface area contributed by atoms with Gasteiger partial charge in [0.1, 0.15) is 16.4 Å². The molecule has 3 rings (SSSR count). The van der Waals surface area contributed by atoms with E-state index in [1.807, 2.05) is 0 Å². The van der Waals surface area contributed by atoms with Gasteiger partial charge in [-0.05, 0) is 31.4 Å². The number of carbonyl (C=O) groups excluding carboxylic acids is 1. The molecule has 0 spiro atoms. The third-order valence-corrected chi connectivity index (χ3v) is 4.33. The number of benzene rings is 1. The fourth-order valence-corrected chi connectivity index (χ4v) is 2.84. The Bertz CT molecular complexity index is 701. The fraction of sp³-hybridized carbons (Fsp3) is 0.333. The van der Waals surface area contributed by atoms with Crippen LogP contribution in [0.3, 0.4) is 0 Å². The second kappa shape index (κ2) is 4.44. The Morgan fingerprint density at radius 2 is 2.26 bits per heavy atom. The molecule has 5 nitrogen and oxygen atoms in total. The monoisotopic (exact) mass is 292 g/mol. The molecule has 1 fully saturated rings. The summed E-state index contributed by atoms with van der Waals surface area (Å²) in [4.78, 5) is 12.2. The summed E-state index contributed by atoms with van der Waals surface area (Å²) in [7, 11) is 0. The van der Waals surface area contributed by atoms with E-state index in [9.17, 15) is 4.79 Å². The number of anilines is 1. The molecular formula is C12H9ClN4OS. The van der Waals surface area contributed by atoms with Crippen LogP contribution in [-0.4, -0.2) is 14.7 Å². The molecule has 0 aliphatic heterocycles. The molecule has 2 aromatic rings. The minimum atomic E-state index is -0.908. The van der Waals surface area contributed by atoms with Crippen molar-refractivity contribution in [2.24, 2.45) is 5.41 Å². The molecule has 0 saturated heterocycles. The number of nitrogens with one attached hydrogen (secondary N) is 1. The number of carbonyl (C=O) groups is 1. The van der Waals surface area contributed by atoms with Crippen molar-refractivity contribution in [3.8, 4) is 6.07 Å². The zero-order valence-electron chi connectivity index (χ0n) is 9.81. The molecular weight excluding hydrogens is 284 g/mol. The Morgan fingerprint density at radius 1 is 1.47 bits per heavy atom. The average molecular weight is 293 g/mol. The summed E-state index contributed by atoms with van der Waals surface area (Å²) >= 11 is 7.16. The SMILES string of the molecule is N#CC1(C(=O)Nc2c(Cl)ccc3nsnc23)CCC1. The molecule has 1 aromatic carbocycles. The van der Waals surface area contributed by atoms with Crippen molar-refractivity contribution in [2.75, 3.05) is 5.32 Å². The topological polar surface area (TPSA) is 78.7 Å². The highest BCUT2D eigenvalue weighted by atomic mass is 35.5. The van der Waals surface area contributed by atoms with Crippen molar-refractivity contribution in [3.63, 3.8) is 0 Å². The molecule has 0 atom stereocenters. The molecule has 1 aromatic heterocycles. The van der Waals surface area contributed by atoms with Crippen LogP contribution in [0.1, 0.15) is 19.3 Å². The first-order valence-electron chi connectivity index (χ1n) is 5.80. The van der Waals surface area contributed by atoms with E-state index < -0.39 is 5.41 Å².